The first-order valence-corrected chi connectivity index (χ1v) is 7.66. The van der Waals surface area contributed by atoms with E-state index in [2.05, 4.69) is 27.9 Å². The molecule has 0 saturated carbocycles. The minimum absolute atomic E-state index is 0.179. The number of methoxy groups -OCH3 is 1. The minimum atomic E-state index is -0.451. The van der Waals surface area contributed by atoms with Gasteiger partial charge in [-0.1, -0.05) is 24.3 Å². The second-order valence-electron chi connectivity index (χ2n) is 5.05. The van der Waals surface area contributed by atoms with Gasteiger partial charge in [0.2, 0.25) is 0 Å². The number of ether oxygens (including phenoxy) is 1. The number of rotatable bonds is 3. The maximum absolute atomic E-state index is 11.8. The fourth-order valence-electron chi connectivity index (χ4n) is 2.76. The Kier molecular flexibility index (Phi) is 3.79. The zero-order valence-electron chi connectivity index (χ0n) is 11.8. The summed E-state index contributed by atoms with van der Waals surface area (Å²) < 4.78 is 8.85. The number of nitrogens with zero attached hydrogens (tertiary/aromatic N) is 1. The fraction of sp³-hybridized carbons (Fsp3) is 0.333. The van der Waals surface area contributed by atoms with Gasteiger partial charge in [-0.05, 0) is 41.9 Å². The molecule has 6 heteroatoms. The van der Waals surface area contributed by atoms with Gasteiger partial charge in [-0.15, -0.1) is 0 Å². The van der Waals surface area contributed by atoms with E-state index in [-0.39, 0.29) is 11.9 Å². The van der Waals surface area contributed by atoms with Gasteiger partial charge in [0.05, 0.1) is 13.2 Å². The number of anilines is 2. The van der Waals surface area contributed by atoms with E-state index in [0.717, 1.165) is 19.3 Å². The second kappa shape index (κ2) is 5.73. The fourth-order valence-corrected chi connectivity index (χ4v) is 3.52. The van der Waals surface area contributed by atoms with Crippen LogP contribution in [0, 0.1) is 0 Å². The summed E-state index contributed by atoms with van der Waals surface area (Å²) in [6, 6.07) is 8.57. The molecule has 0 spiro atoms. The number of benzene rings is 1. The van der Waals surface area contributed by atoms with E-state index in [1.54, 1.807) is 0 Å². The average molecular weight is 303 g/mol. The Labute approximate surface area is 127 Å². The lowest BCUT2D eigenvalue weighted by Crippen LogP contribution is -2.18. The number of hydrogen-bond donors (Lipinski definition) is 2. The van der Waals surface area contributed by atoms with Gasteiger partial charge in [-0.2, -0.15) is 4.37 Å². The van der Waals surface area contributed by atoms with Gasteiger partial charge in [0.15, 0.2) is 5.82 Å². The summed E-state index contributed by atoms with van der Waals surface area (Å²) in [7, 11) is 1.35. The molecule has 1 aliphatic carbocycles. The summed E-state index contributed by atoms with van der Waals surface area (Å²) in [5.41, 5.74) is 8.76. The van der Waals surface area contributed by atoms with Crippen molar-refractivity contribution < 1.29 is 9.53 Å². The largest absolute Gasteiger partial charge is 0.465 e. The molecule has 21 heavy (non-hydrogen) atoms. The Morgan fingerprint density at radius 3 is 3.10 bits per heavy atom. The van der Waals surface area contributed by atoms with Gasteiger partial charge in [0.1, 0.15) is 10.6 Å². The maximum Gasteiger partial charge on any atom is 0.344 e. The Hall–Kier alpha value is -2.08. The molecule has 1 heterocycles. The molecular formula is C15H17N3O2S. The van der Waals surface area contributed by atoms with Crippen LogP contribution in [0.1, 0.15) is 40.4 Å². The van der Waals surface area contributed by atoms with Crippen molar-refractivity contribution in [2.24, 2.45) is 0 Å². The number of aryl methyl sites for hydroxylation is 1. The van der Waals surface area contributed by atoms with E-state index >= 15 is 0 Å². The van der Waals surface area contributed by atoms with Crippen molar-refractivity contribution in [3.05, 3.63) is 41.0 Å². The SMILES string of the molecule is COC(=O)c1c(N)nsc1NC1CCCc2ccccc21. The van der Waals surface area contributed by atoms with Crippen LogP contribution in [-0.4, -0.2) is 17.5 Å². The van der Waals surface area contributed by atoms with Crippen LogP contribution in [0.15, 0.2) is 24.3 Å². The van der Waals surface area contributed by atoms with Crippen molar-refractivity contribution in [2.75, 3.05) is 18.2 Å². The third-order valence-corrected chi connectivity index (χ3v) is 4.58. The lowest BCUT2D eigenvalue weighted by molar-refractivity contribution is 0.0603. The third kappa shape index (κ3) is 2.58. The number of esters is 1. The number of carbonyl (C=O) groups excluding carboxylic acids is 1. The van der Waals surface area contributed by atoms with Crippen LogP contribution in [0.25, 0.3) is 0 Å². The first-order chi connectivity index (χ1) is 10.2. The Balaban J connectivity index is 1.90. The van der Waals surface area contributed by atoms with Crippen LogP contribution in [0.5, 0.6) is 0 Å². The highest BCUT2D eigenvalue weighted by molar-refractivity contribution is 7.11. The maximum atomic E-state index is 11.8. The third-order valence-electron chi connectivity index (χ3n) is 3.78. The van der Waals surface area contributed by atoms with Crippen LogP contribution in [0.2, 0.25) is 0 Å². The molecule has 0 radical (unpaired) electrons. The van der Waals surface area contributed by atoms with E-state index in [0.29, 0.717) is 10.6 Å². The summed E-state index contributed by atoms with van der Waals surface area (Å²) >= 11 is 1.20. The molecule has 1 atom stereocenters. The summed E-state index contributed by atoms with van der Waals surface area (Å²) in [5, 5.41) is 4.10. The molecule has 1 aromatic carbocycles. The molecule has 0 saturated heterocycles. The number of aromatic nitrogens is 1. The predicted octanol–water partition coefficient (Wildman–Crippen LogP) is 3.00. The van der Waals surface area contributed by atoms with Crippen LogP contribution < -0.4 is 11.1 Å². The van der Waals surface area contributed by atoms with E-state index in [1.807, 2.05) is 6.07 Å². The molecule has 2 aromatic rings. The van der Waals surface area contributed by atoms with E-state index in [9.17, 15) is 4.79 Å². The molecule has 0 aliphatic heterocycles. The number of carbonyl (C=O) groups is 1. The monoisotopic (exact) mass is 303 g/mol. The lowest BCUT2D eigenvalue weighted by Gasteiger charge is -2.26. The lowest BCUT2D eigenvalue weighted by atomic mass is 9.88. The highest BCUT2D eigenvalue weighted by Gasteiger charge is 2.25. The van der Waals surface area contributed by atoms with Gasteiger partial charge >= 0.3 is 5.97 Å². The second-order valence-corrected chi connectivity index (χ2v) is 5.82. The van der Waals surface area contributed by atoms with Crippen molar-refractivity contribution in [1.29, 1.82) is 0 Å². The number of nitrogens with two attached hydrogens (primary N) is 1. The Bertz CT molecular complexity index is 669. The van der Waals surface area contributed by atoms with Crippen molar-refractivity contribution in [3.63, 3.8) is 0 Å². The molecule has 1 aromatic heterocycles. The topological polar surface area (TPSA) is 77.2 Å². The quantitative estimate of drug-likeness (QED) is 0.852. The first-order valence-electron chi connectivity index (χ1n) is 6.88. The van der Waals surface area contributed by atoms with E-state index in [1.165, 1.54) is 29.8 Å². The molecular weight excluding hydrogens is 286 g/mol. The average Bonchev–Trinajstić information content (AvgIpc) is 2.88. The highest BCUT2D eigenvalue weighted by atomic mass is 32.1. The van der Waals surface area contributed by atoms with Crippen LogP contribution in [-0.2, 0) is 11.2 Å². The minimum Gasteiger partial charge on any atom is -0.465 e. The molecule has 1 aliphatic rings. The number of fused-ring (bicyclic) bond motifs is 1. The number of hydrogen-bond acceptors (Lipinski definition) is 6. The zero-order chi connectivity index (χ0) is 14.8. The van der Waals surface area contributed by atoms with Crippen LogP contribution in [0.4, 0.5) is 10.8 Å². The normalized spacial score (nSPS) is 17.1. The predicted molar refractivity (Wildman–Crippen MR) is 83.6 cm³/mol. The Morgan fingerprint density at radius 2 is 2.29 bits per heavy atom. The van der Waals surface area contributed by atoms with Gasteiger partial charge in [0.25, 0.3) is 0 Å². The smallest absolute Gasteiger partial charge is 0.344 e. The molecule has 3 N–H and O–H groups in total. The molecule has 110 valence electrons. The van der Waals surface area contributed by atoms with Crippen molar-refractivity contribution in [2.45, 2.75) is 25.3 Å². The molecule has 0 bridgehead atoms. The number of nitrogen functional groups attached to an aromatic ring is 1. The van der Waals surface area contributed by atoms with Crippen molar-refractivity contribution >= 4 is 28.3 Å². The van der Waals surface area contributed by atoms with Gasteiger partial charge in [-0.3, -0.25) is 0 Å². The Morgan fingerprint density at radius 1 is 1.48 bits per heavy atom. The van der Waals surface area contributed by atoms with E-state index in [4.69, 9.17) is 10.5 Å². The summed E-state index contributed by atoms with van der Waals surface area (Å²) in [5.74, 6) is -0.230. The molecule has 0 fully saturated rings. The zero-order valence-corrected chi connectivity index (χ0v) is 12.6. The van der Waals surface area contributed by atoms with Gasteiger partial charge in [0, 0.05) is 0 Å². The number of nitrogens with one attached hydrogen (secondary N) is 1. The first kappa shape index (κ1) is 13.9. The standard InChI is InChI=1S/C15H17N3O2S/c1-20-15(19)12-13(16)18-21-14(12)17-11-8-4-6-9-5-2-3-7-10(9)11/h2-3,5,7,11,17H,4,6,8H2,1H3,(H2,16,18). The van der Waals surface area contributed by atoms with Crippen LogP contribution in [0.3, 0.4) is 0 Å². The highest BCUT2D eigenvalue weighted by Crippen LogP contribution is 2.36. The van der Waals surface area contributed by atoms with Gasteiger partial charge in [-0.25, -0.2) is 4.79 Å². The molecule has 5 nitrogen and oxygen atoms in total. The van der Waals surface area contributed by atoms with Crippen LogP contribution >= 0.6 is 11.5 Å². The summed E-state index contributed by atoms with van der Waals surface area (Å²) in [4.78, 5) is 11.8. The molecule has 1 unspecified atom stereocenters. The summed E-state index contributed by atoms with van der Waals surface area (Å²) in [6.45, 7) is 0. The van der Waals surface area contributed by atoms with Crippen molar-refractivity contribution in [1.82, 2.24) is 4.37 Å². The van der Waals surface area contributed by atoms with Gasteiger partial charge < -0.3 is 15.8 Å². The molecule has 0 amide bonds. The van der Waals surface area contributed by atoms with Crippen molar-refractivity contribution in [3.8, 4) is 0 Å². The van der Waals surface area contributed by atoms with E-state index < -0.39 is 5.97 Å². The summed E-state index contributed by atoms with van der Waals surface area (Å²) in [6.07, 6.45) is 3.25. The molecule has 3 rings (SSSR count).